The van der Waals surface area contributed by atoms with Gasteiger partial charge in [0.15, 0.2) is 11.5 Å². The van der Waals surface area contributed by atoms with Crippen molar-refractivity contribution in [3.63, 3.8) is 0 Å². The smallest absolute Gasteiger partial charge is 0.203 e. The molecule has 0 aliphatic heterocycles. The third-order valence-electron chi connectivity index (χ3n) is 4.97. The van der Waals surface area contributed by atoms with Crippen molar-refractivity contribution in [2.75, 3.05) is 26.6 Å². The second-order valence-electron chi connectivity index (χ2n) is 6.71. The van der Waals surface area contributed by atoms with Crippen LogP contribution in [0.3, 0.4) is 0 Å². The predicted molar refractivity (Wildman–Crippen MR) is 112 cm³/mol. The standard InChI is InChI=1S/C22H27N3O3/c1-14-7-8-17(9-15(14)2)18-13-24-22(25(18)3)23-12-16-10-19(26-4)21(28-6)20(11-16)27-5/h7-11,13H,12H2,1-6H3,(H,23,24). The normalized spacial score (nSPS) is 10.6. The van der Waals surface area contributed by atoms with E-state index in [-0.39, 0.29) is 0 Å². The summed E-state index contributed by atoms with van der Waals surface area (Å²) in [5.41, 5.74) is 5.77. The van der Waals surface area contributed by atoms with Crippen molar-refractivity contribution in [1.29, 1.82) is 0 Å². The number of anilines is 1. The van der Waals surface area contributed by atoms with E-state index in [9.17, 15) is 0 Å². The van der Waals surface area contributed by atoms with E-state index in [0.29, 0.717) is 23.8 Å². The van der Waals surface area contributed by atoms with Gasteiger partial charge >= 0.3 is 0 Å². The molecule has 0 amide bonds. The Morgan fingerprint density at radius 1 is 0.929 bits per heavy atom. The van der Waals surface area contributed by atoms with E-state index < -0.39 is 0 Å². The summed E-state index contributed by atoms with van der Waals surface area (Å²) in [6.45, 7) is 4.82. The van der Waals surface area contributed by atoms with Gasteiger partial charge in [-0.2, -0.15) is 0 Å². The van der Waals surface area contributed by atoms with Crippen LogP contribution in [-0.2, 0) is 13.6 Å². The minimum atomic E-state index is 0.577. The van der Waals surface area contributed by atoms with Crippen molar-refractivity contribution in [2.45, 2.75) is 20.4 Å². The number of nitrogens with zero attached hydrogens (tertiary/aromatic N) is 2. The molecule has 148 valence electrons. The molecule has 0 bridgehead atoms. The van der Waals surface area contributed by atoms with Gasteiger partial charge in [0.2, 0.25) is 11.7 Å². The molecule has 6 heteroatoms. The van der Waals surface area contributed by atoms with E-state index in [1.54, 1.807) is 21.3 Å². The van der Waals surface area contributed by atoms with Crippen LogP contribution in [0.2, 0.25) is 0 Å². The lowest BCUT2D eigenvalue weighted by molar-refractivity contribution is 0.324. The number of aryl methyl sites for hydroxylation is 2. The van der Waals surface area contributed by atoms with Crippen LogP contribution in [0.1, 0.15) is 16.7 Å². The monoisotopic (exact) mass is 381 g/mol. The highest BCUT2D eigenvalue weighted by atomic mass is 16.5. The van der Waals surface area contributed by atoms with Gasteiger partial charge in [-0.15, -0.1) is 0 Å². The molecule has 0 saturated carbocycles. The van der Waals surface area contributed by atoms with Gasteiger partial charge in [0, 0.05) is 19.2 Å². The molecule has 0 aliphatic rings. The van der Waals surface area contributed by atoms with Gasteiger partial charge in [-0.25, -0.2) is 4.98 Å². The van der Waals surface area contributed by atoms with Crippen LogP contribution >= 0.6 is 0 Å². The summed E-state index contributed by atoms with van der Waals surface area (Å²) < 4.78 is 18.3. The molecule has 3 aromatic rings. The largest absolute Gasteiger partial charge is 0.493 e. The maximum Gasteiger partial charge on any atom is 0.203 e. The van der Waals surface area contributed by atoms with Crippen molar-refractivity contribution in [1.82, 2.24) is 9.55 Å². The van der Waals surface area contributed by atoms with Gasteiger partial charge in [-0.05, 0) is 48.7 Å². The second kappa shape index (κ2) is 8.25. The van der Waals surface area contributed by atoms with E-state index in [0.717, 1.165) is 22.8 Å². The molecule has 0 aliphatic carbocycles. The average Bonchev–Trinajstić information content (AvgIpc) is 3.07. The average molecular weight is 381 g/mol. The number of nitrogens with one attached hydrogen (secondary N) is 1. The van der Waals surface area contributed by atoms with Crippen LogP contribution in [0.15, 0.2) is 36.5 Å². The third kappa shape index (κ3) is 3.76. The minimum absolute atomic E-state index is 0.577. The Balaban J connectivity index is 1.82. The van der Waals surface area contributed by atoms with E-state index in [2.05, 4.69) is 46.9 Å². The SMILES string of the molecule is COc1cc(CNc2ncc(-c3ccc(C)c(C)c3)n2C)cc(OC)c1OC. The molecule has 1 aromatic heterocycles. The summed E-state index contributed by atoms with van der Waals surface area (Å²) in [6, 6.07) is 10.3. The lowest BCUT2D eigenvalue weighted by Gasteiger charge is -2.15. The molecule has 6 nitrogen and oxygen atoms in total. The zero-order valence-electron chi connectivity index (χ0n) is 17.3. The molecular weight excluding hydrogens is 354 g/mol. The number of imidazole rings is 1. The highest BCUT2D eigenvalue weighted by molar-refractivity contribution is 5.63. The Kier molecular flexibility index (Phi) is 5.78. The Labute approximate surface area is 166 Å². The van der Waals surface area contributed by atoms with Crippen molar-refractivity contribution in [3.8, 4) is 28.5 Å². The van der Waals surface area contributed by atoms with Crippen LogP contribution < -0.4 is 19.5 Å². The van der Waals surface area contributed by atoms with Crippen LogP contribution in [0.25, 0.3) is 11.3 Å². The van der Waals surface area contributed by atoms with Gasteiger partial charge in [-0.1, -0.05) is 12.1 Å². The van der Waals surface area contributed by atoms with E-state index in [1.807, 2.05) is 25.4 Å². The van der Waals surface area contributed by atoms with E-state index >= 15 is 0 Å². The maximum atomic E-state index is 5.42. The summed E-state index contributed by atoms with van der Waals surface area (Å²) in [5.74, 6) is 2.65. The number of hydrogen-bond donors (Lipinski definition) is 1. The molecule has 0 spiro atoms. The summed E-state index contributed by atoms with van der Waals surface area (Å²) in [5, 5.41) is 3.39. The van der Waals surface area contributed by atoms with Gasteiger partial charge in [0.1, 0.15) is 0 Å². The van der Waals surface area contributed by atoms with Crippen molar-refractivity contribution < 1.29 is 14.2 Å². The van der Waals surface area contributed by atoms with Gasteiger partial charge in [-0.3, -0.25) is 0 Å². The summed E-state index contributed by atoms with van der Waals surface area (Å²) in [7, 11) is 6.84. The van der Waals surface area contributed by atoms with Gasteiger partial charge in [0.05, 0.1) is 33.2 Å². The van der Waals surface area contributed by atoms with Crippen molar-refractivity contribution in [2.24, 2.45) is 7.05 Å². The summed E-state index contributed by atoms with van der Waals surface area (Å²) in [6.07, 6.45) is 1.89. The van der Waals surface area contributed by atoms with Crippen LogP contribution in [-0.4, -0.2) is 30.9 Å². The first-order valence-corrected chi connectivity index (χ1v) is 9.10. The molecule has 0 atom stereocenters. The Bertz CT molecular complexity index is 954. The van der Waals surface area contributed by atoms with Crippen molar-refractivity contribution in [3.05, 3.63) is 53.2 Å². The molecule has 2 aromatic carbocycles. The number of hydrogen-bond acceptors (Lipinski definition) is 5. The molecule has 0 saturated heterocycles. The zero-order chi connectivity index (χ0) is 20.3. The highest BCUT2D eigenvalue weighted by Gasteiger charge is 2.14. The molecule has 0 radical (unpaired) electrons. The Hall–Kier alpha value is -3.15. The predicted octanol–water partition coefficient (Wildman–Crippen LogP) is 4.34. The number of rotatable bonds is 7. The lowest BCUT2D eigenvalue weighted by Crippen LogP contribution is -2.06. The van der Waals surface area contributed by atoms with Gasteiger partial charge < -0.3 is 24.1 Å². The molecule has 0 unspecified atom stereocenters. The lowest BCUT2D eigenvalue weighted by atomic mass is 10.0. The second-order valence-corrected chi connectivity index (χ2v) is 6.71. The van der Waals surface area contributed by atoms with E-state index in [1.165, 1.54) is 11.1 Å². The fourth-order valence-corrected chi connectivity index (χ4v) is 3.16. The fraction of sp³-hybridized carbons (Fsp3) is 0.318. The molecule has 3 rings (SSSR count). The van der Waals surface area contributed by atoms with Crippen molar-refractivity contribution >= 4 is 5.95 Å². The van der Waals surface area contributed by atoms with Crippen LogP contribution in [0, 0.1) is 13.8 Å². The van der Waals surface area contributed by atoms with Crippen LogP contribution in [0.4, 0.5) is 5.95 Å². The third-order valence-corrected chi connectivity index (χ3v) is 4.97. The minimum Gasteiger partial charge on any atom is -0.493 e. The highest BCUT2D eigenvalue weighted by Crippen LogP contribution is 2.38. The number of benzene rings is 2. The maximum absolute atomic E-state index is 5.42. The first-order valence-electron chi connectivity index (χ1n) is 9.10. The summed E-state index contributed by atoms with van der Waals surface area (Å²) in [4.78, 5) is 4.54. The van der Waals surface area contributed by atoms with Gasteiger partial charge in [0.25, 0.3) is 0 Å². The number of methoxy groups -OCH3 is 3. The summed E-state index contributed by atoms with van der Waals surface area (Å²) >= 11 is 0. The quantitative estimate of drug-likeness (QED) is 0.660. The van der Waals surface area contributed by atoms with Crippen LogP contribution in [0.5, 0.6) is 17.2 Å². The van der Waals surface area contributed by atoms with E-state index in [4.69, 9.17) is 14.2 Å². The topological polar surface area (TPSA) is 57.5 Å². The first-order chi connectivity index (χ1) is 13.5. The molecule has 0 fully saturated rings. The first kappa shape index (κ1) is 19.6. The molecular formula is C22H27N3O3. The Morgan fingerprint density at radius 2 is 1.61 bits per heavy atom. The Morgan fingerprint density at radius 3 is 2.18 bits per heavy atom. The number of ether oxygens (including phenoxy) is 3. The fourth-order valence-electron chi connectivity index (χ4n) is 3.16. The molecule has 1 heterocycles. The molecule has 1 N–H and O–H groups in total. The zero-order valence-corrected chi connectivity index (χ0v) is 17.3. The molecule has 28 heavy (non-hydrogen) atoms. The number of aromatic nitrogens is 2.